The highest BCUT2D eigenvalue weighted by atomic mass is 19.1. The highest BCUT2D eigenvalue weighted by Crippen LogP contribution is 2.36. The Balaban J connectivity index is 1.38. The molecule has 0 radical (unpaired) electrons. The summed E-state index contributed by atoms with van der Waals surface area (Å²) in [5.41, 5.74) is 2.04. The molecule has 1 saturated heterocycles. The Hall–Kier alpha value is -2.37. The molecule has 0 unspecified atom stereocenters. The summed E-state index contributed by atoms with van der Waals surface area (Å²) >= 11 is 0. The maximum absolute atomic E-state index is 14.1. The lowest BCUT2D eigenvalue weighted by Gasteiger charge is -2.39. The van der Waals surface area contributed by atoms with Crippen molar-refractivity contribution in [1.82, 2.24) is 15.2 Å². The number of nitrogens with one attached hydrogen (secondary N) is 2. The fourth-order valence-corrected chi connectivity index (χ4v) is 5.18. The number of H-pyrrole nitrogens is 1. The minimum atomic E-state index is -0.310. The Morgan fingerprint density at radius 2 is 1.90 bits per heavy atom. The molecular formula is C23H30FN3O2. The van der Waals surface area contributed by atoms with Crippen molar-refractivity contribution in [3.8, 4) is 0 Å². The number of piperidine rings is 1. The van der Waals surface area contributed by atoms with Gasteiger partial charge in [-0.3, -0.25) is 9.59 Å². The second-order valence-electron chi connectivity index (χ2n) is 8.78. The Morgan fingerprint density at radius 3 is 2.59 bits per heavy atom. The van der Waals surface area contributed by atoms with Crippen LogP contribution in [0, 0.1) is 24.6 Å². The van der Waals surface area contributed by atoms with Crippen LogP contribution in [0.15, 0.2) is 18.2 Å². The molecule has 1 aromatic carbocycles. The molecule has 2 aliphatic rings. The lowest BCUT2D eigenvalue weighted by Crippen LogP contribution is -2.43. The van der Waals surface area contributed by atoms with Crippen molar-refractivity contribution in [2.45, 2.75) is 58.4 Å². The fraction of sp³-hybridized carbons (Fsp3) is 0.565. The zero-order valence-electron chi connectivity index (χ0n) is 17.3. The molecule has 0 spiro atoms. The molecule has 6 heteroatoms. The van der Waals surface area contributed by atoms with Crippen molar-refractivity contribution < 1.29 is 14.0 Å². The van der Waals surface area contributed by atoms with Gasteiger partial charge in [0, 0.05) is 31.4 Å². The summed E-state index contributed by atoms with van der Waals surface area (Å²) in [6.07, 6.45) is 6.42. The predicted octanol–water partition coefficient (Wildman–Crippen LogP) is 4.16. The number of benzene rings is 1. The first-order valence-electron chi connectivity index (χ1n) is 10.8. The largest absolute Gasteiger partial charge is 0.350 e. The zero-order chi connectivity index (χ0) is 20.5. The van der Waals surface area contributed by atoms with Gasteiger partial charge in [0.05, 0.1) is 5.52 Å². The van der Waals surface area contributed by atoms with E-state index in [0.29, 0.717) is 28.4 Å². The van der Waals surface area contributed by atoms with E-state index in [1.54, 1.807) is 19.1 Å². The number of hydrogen-bond acceptors (Lipinski definition) is 2. The Labute approximate surface area is 171 Å². The van der Waals surface area contributed by atoms with Gasteiger partial charge in [-0.2, -0.15) is 0 Å². The van der Waals surface area contributed by atoms with Crippen LogP contribution in [0.4, 0.5) is 4.39 Å². The number of halogens is 1. The summed E-state index contributed by atoms with van der Waals surface area (Å²) < 4.78 is 14.1. The quantitative estimate of drug-likeness (QED) is 0.814. The number of fused-ring (bicyclic) bond motifs is 1. The standard InChI is InChI=1S/C23H30FN3O2/c1-14-6-7-20(24)19-13-21(26-22(14)19)23(29)25-18-5-3-4-17(12-18)16-8-10-27(11-9-16)15(2)28/h6-7,13,16-18,26H,3-5,8-12H2,1-2H3,(H,25,29)/t17-,18-/m1/s1. The second-order valence-corrected chi connectivity index (χ2v) is 8.78. The predicted molar refractivity (Wildman–Crippen MR) is 111 cm³/mol. The number of likely N-dealkylation sites (tertiary alicyclic amines) is 1. The van der Waals surface area contributed by atoms with Crippen molar-refractivity contribution in [2.75, 3.05) is 13.1 Å². The lowest BCUT2D eigenvalue weighted by atomic mass is 9.74. The first-order valence-corrected chi connectivity index (χ1v) is 10.8. The van der Waals surface area contributed by atoms with E-state index in [4.69, 9.17) is 0 Å². The van der Waals surface area contributed by atoms with Gasteiger partial charge in [0.2, 0.25) is 5.91 Å². The summed E-state index contributed by atoms with van der Waals surface area (Å²) in [7, 11) is 0. The molecule has 2 aromatic rings. The first kappa shape index (κ1) is 19.9. The number of aromatic amines is 1. The van der Waals surface area contributed by atoms with Crippen LogP contribution in [0.3, 0.4) is 0 Å². The number of aryl methyl sites for hydroxylation is 1. The van der Waals surface area contributed by atoms with E-state index in [2.05, 4.69) is 10.3 Å². The Kier molecular flexibility index (Phi) is 5.61. The normalized spacial score (nSPS) is 23.3. The minimum Gasteiger partial charge on any atom is -0.350 e. The Morgan fingerprint density at radius 1 is 1.14 bits per heavy atom. The Bertz CT molecular complexity index is 875. The molecule has 2 heterocycles. The average Bonchev–Trinajstić information content (AvgIpc) is 3.18. The molecule has 1 aliphatic carbocycles. The smallest absolute Gasteiger partial charge is 0.267 e. The molecule has 29 heavy (non-hydrogen) atoms. The average molecular weight is 400 g/mol. The first-order chi connectivity index (χ1) is 13.9. The third-order valence-corrected chi connectivity index (χ3v) is 6.90. The van der Waals surface area contributed by atoms with Crippen molar-refractivity contribution >= 4 is 22.7 Å². The van der Waals surface area contributed by atoms with Crippen LogP contribution in [0.2, 0.25) is 0 Å². The van der Waals surface area contributed by atoms with E-state index in [1.807, 2.05) is 11.8 Å². The molecule has 2 fully saturated rings. The lowest BCUT2D eigenvalue weighted by molar-refractivity contribution is -0.130. The van der Waals surface area contributed by atoms with Crippen molar-refractivity contribution in [2.24, 2.45) is 11.8 Å². The van der Waals surface area contributed by atoms with Gasteiger partial charge in [0.25, 0.3) is 5.91 Å². The summed E-state index contributed by atoms with van der Waals surface area (Å²) in [4.78, 5) is 29.4. The molecule has 156 valence electrons. The molecule has 2 amide bonds. The summed E-state index contributed by atoms with van der Waals surface area (Å²) in [5, 5.41) is 3.64. The van der Waals surface area contributed by atoms with Crippen LogP contribution in [0.1, 0.15) is 61.5 Å². The van der Waals surface area contributed by atoms with Crippen LogP contribution in [-0.4, -0.2) is 40.8 Å². The highest BCUT2D eigenvalue weighted by molar-refractivity contribution is 5.99. The number of rotatable bonds is 3. The topological polar surface area (TPSA) is 65.2 Å². The summed E-state index contributed by atoms with van der Waals surface area (Å²) in [5.74, 6) is 0.940. The third kappa shape index (κ3) is 4.16. The fourth-order valence-electron chi connectivity index (χ4n) is 5.18. The molecule has 2 N–H and O–H groups in total. The number of aromatic nitrogens is 1. The molecule has 1 saturated carbocycles. The second kappa shape index (κ2) is 8.17. The van der Waals surface area contributed by atoms with Gasteiger partial charge in [-0.25, -0.2) is 4.39 Å². The molecule has 2 atom stereocenters. The van der Waals surface area contributed by atoms with Crippen molar-refractivity contribution in [3.63, 3.8) is 0 Å². The monoisotopic (exact) mass is 399 g/mol. The summed E-state index contributed by atoms with van der Waals surface area (Å²) in [6, 6.07) is 4.93. The van der Waals surface area contributed by atoms with Gasteiger partial charge in [-0.15, -0.1) is 0 Å². The van der Waals surface area contributed by atoms with Gasteiger partial charge in [-0.1, -0.05) is 18.9 Å². The molecule has 4 rings (SSSR count). The molecule has 1 aromatic heterocycles. The molecular weight excluding hydrogens is 369 g/mol. The van der Waals surface area contributed by atoms with Crippen molar-refractivity contribution in [3.05, 3.63) is 35.3 Å². The van der Waals surface area contributed by atoms with E-state index in [9.17, 15) is 14.0 Å². The molecule has 5 nitrogen and oxygen atoms in total. The number of carbonyl (C=O) groups is 2. The van der Waals surface area contributed by atoms with Crippen molar-refractivity contribution in [1.29, 1.82) is 0 Å². The van der Waals surface area contributed by atoms with E-state index >= 15 is 0 Å². The number of carbonyl (C=O) groups excluding carboxylic acids is 2. The van der Waals surface area contributed by atoms with Crippen LogP contribution in [-0.2, 0) is 4.79 Å². The van der Waals surface area contributed by atoms with Gasteiger partial charge in [0.15, 0.2) is 0 Å². The van der Waals surface area contributed by atoms with Crippen LogP contribution in [0.5, 0.6) is 0 Å². The van der Waals surface area contributed by atoms with Crippen LogP contribution < -0.4 is 5.32 Å². The van der Waals surface area contributed by atoms with Gasteiger partial charge in [-0.05, 0) is 62.1 Å². The number of hydrogen-bond donors (Lipinski definition) is 2. The van der Waals surface area contributed by atoms with E-state index < -0.39 is 0 Å². The van der Waals surface area contributed by atoms with Crippen LogP contribution >= 0.6 is 0 Å². The third-order valence-electron chi connectivity index (χ3n) is 6.90. The minimum absolute atomic E-state index is 0.156. The van der Waals surface area contributed by atoms with E-state index in [0.717, 1.165) is 50.8 Å². The SMILES string of the molecule is CC(=O)N1CCC([C@@H]2CCC[C@@H](NC(=O)c3cc4c(F)ccc(C)c4[nH]3)C2)CC1. The van der Waals surface area contributed by atoms with E-state index in [-0.39, 0.29) is 23.7 Å². The maximum Gasteiger partial charge on any atom is 0.267 e. The maximum atomic E-state index is 14.1. The van der Waals surface area contributed by atoms with Gasteiger partial charge in [0.1, 0.15) is 11.5 Å². The number of nitrogens with zero attached hydrogens (tertiary/aromatic N) is 1. The van der Waals surface area contributed by atoms with E-state index in [1.165, 1.54) is 12.5 Å². The zero-order valence-corrected chi connectivity index (χ0v) is 17.3. The summed E-state index contributed by atoms with van der Waals surface area (Å²) in [6.45, 7) is 5.26. The highest BCUT2D eigenvalue weighted by Gasteiger charge is 2.32. The molecule has 1 aliphatic heterocycles. The van der Waals surface area contributed by atoms with Gasteiger partial charge >= 0.3 is 0 Å². The molecule has 0 bridgehead atoms. The van der Waals surface area contributed by atoms with Gasteiger partial charge < -0.3 is 15.2 Å². The number of amides is 2. The van der Waals surface area contributed by atoms with Crippen LogP contribution in [0.25, 0.3) is 10.9 Å².